The van der Waals surface area contributed by atoms with Crippen molar-refractivity contribution in [3.63, 3.8) is 0 Å². The van der Waals surface area contributed by atoms with E-state index in [1.807, 2.05) is 6.07 Å². The van der Waals surface area contributed by atoms with Gasteiger partial charge in [0.25, 0.3) is 0 Å². The van der Waals surface area contributed by atoms with E-state index in [4.69, 9.17) is 14.7 Å². The Bertz CT molecular complexity index is 961. The molecule has 0 N–H and O–H groups in total. The van der Waals surface area contributed by atoms with Gasteiger partial charge in [0.2, 0.25) is 0 Å². The Morgan fingerprint density at radius 2 is 1.53 bits per heavy atom. The topological polar surface area (TPSA) is 76.4 Å². The van der Waals surface area contributed by atoms with Gasteiger partial charge in [-0.25, -0.2) is 4.79 Å². The van der Waals surface area contributed by atoms with E-state index in [2.05, 4.69) is 13.0 Å². The van der Waals surface area contributed by atoms with Crippen LogP contribution in [0.4, 0.5) is 0 Å². The fraction of sp³-hybridized carbons (Fsp3) is 0.483. The van der Waals surface area contributed by atoms with Gasteiger partial charge in [-0.3, -0.25) is 4.79 Å². The van der Waals surface area contributed by atoms with Crippen molar-refractivity contribution in [2.24, 2.45) is 0 Å². The standard InChI is InChI=1S/C29H37NO4/c1-3-5-6-7-8-9-10-11-20-34-27-18-17-25(21-23(27)16-13-19-30)28(31)24-14-12-15-26(22-24)29(32)33-4-2/h12,14-15,17-18,21-22H,3-11,13,16,20H2,1-2H3. The Kier molecular flexibility index (Phi) is 12.5. The van der Waals surface area contributed by atoms with Crippen LogP contribution >= 0.6 is 0 Å². The molecule has 0 heterocycles. The van der Waals surface area contributed by atoms with Crippen molar-refractivity contribution < 1.29 is 19.1 Å². The highest BCUT2D eigenvalue weighted by atomic mass is 16.5. The Morgan fingerprint density at radius 1 is 0.853 bits per heavy atom. The predicted molar refractivity (Wildman–Crippen MR) is 134 cm³/mol. The van der Waals surface area contributed by atoms with Crippen LogP contribution in [0.1, 0.15) is 103 Å². The molecule has 0 aliphatic carbocycles. The number of carbonyl (C=O) groups is 2. The molecule has 0 aliphatic rings. The van der Waals surface area contributed by atoms with Crippen LogP contribution in [0.15, 0.2) is 42.5 Å². The fourth-order valence-electron chi connectivity index (χ4n) is 3.83. The van der Waals surface area contributed by atoms with Gasteiger partial charge in [0.15, 0.2) is 5.78 Å². The zero-order valence-electron chi connectivity index (χ0n) is 20.6. The number of hydrogen-bond donors (Lipinski definition) is 0. The second-order valence-corrected chi connectivity index (χ2v) is 8.43. The molecule has 0 saturated carbocycles. The van der Waals surface area contributed by atoms with E-state index in [9.17, 15) is 9.59 Å². The van der Waals surface area contributed by atoms with Crippen molar-refractivity contribution in [2.75, 3.05) is 13.2 Å². The Morgan fingerprint density at radius 3 is 2.24 bits per heavy atom. The molecule has 34 heavy (non-hydrogen) atoms. The van der Waals surface area contributed by atoms with Crippen LogP contribution in [0.5, 0.6) is 5.75 Å². The number of nitriles is 1. The number of benzene rings is 2. The minimum Gasteiger partial charge on any atom is -0.493 e. The summed E-state index contributed by atoms with van der Waals surface area (Å²) in [5.74, 6) is 0.102. The number of ketones is 1. The molecule has 0 aromatic heterocycles. The lowest BCUT2D eigenvalue weighted by atomic mass is 9.98. The van der Waals surface area contributed by atoms with Gasteiger partial charge >= 0.3 is 5.97 Å². The van der Waals surface area contributed by atoms with Crippen LogP contribution in [-0.2, 0) is 11.2 Å². The maximum atomic E-state index is 13.1. The average molecular weight is 464 g/mol. The lowest BCUT2D eigenvalue weighted by Gasteiger charge is -2.13. The molecule has 2 aromatic rings. The lowest BCUT2D eigenvalue weighted by Crippen LogP contribution is -2.08. The van der Waals surface area contributed by atoms with Crippen molar-refractivity contribution in [1.82, 2.24) is 0 Å². The van der Waals surface area contributed by atoms with Crippen LogP contribution in [-0.4, -0.2) is 25.0 Å². The van der Waals surface area contributed by atoms with Crippen LogP contribution in [0.25, 0.3) is 0 Å². The van der Waals surface area contributed by atoms with Gasteiger partial charge in [-0.1, -0.05) is 64.0 Å². The smallest absolute Gasteiger partial charge is 0.338 e. The first-order valence-corrected chi connectivity index (χ1v) is 12.5. The molecule has 182 valence electrons. The Balaban J connectivity index is 2.00. The molecule has 0 fully saturated rings. The van der Waals surface area contributed by atoms with E-state index in [0.717, 1.165) is 24.2 Å². The van der Waals surface area contributed by atoms with Crippen LogP contribution in [0.2, 0.25) is 0 Å². The zero-order valence-corrected chi connectivity index (χ0v) is 20.6. The molecule has 5 heteroatoms. The number of carbonyl (C=O) groups excluding carboxylic acids is 2. The quantitative estimate of drug-likeness (QED) is 0.151. The summed E-state index contributed by atoms with van der Waals surface area (Å²) in [4.78, 5) is 25.1. The van der Waals surface area contributed by atoms with Crippen LogP contribution in [0, 0.1) is 11.3 Å². The molecule has 0 radical (unpaired) electrons. The molecule has 0 bridgehead atoms. The molecule has 2 aromatic carbocycles. The normalized spacial score (nSPS) is 10.5. The molecule has 0 aliphatic heterocycles. The number of esters is 1. The summed E-state index contributed by atoms with van der Waals surface area (Å²) >= 11 is 0. The molecule has 0 spiro atoms. The van der Waals surface area contributed by atoms with E-state index in [-0.39, 0.29) is 12.4 Å². The number of hydrogen-bond acceptors (Lipinski definition) is 5. The Hall–Kier alpha value is -3.13. The van der Waals surface area contributed by atoms with Gasteiger partial charge in [-0.15, -0.1) is 0 Å². The minimum absolute atomic E-state index is 0.182. The summed E-state index contributed by atoms with van der Waals surface area (Å²) in [7, 11) is 0. The van der Waals surface area contributed by atoms with Gasteiger partial charge in [-0.05, 0) is 55.7 Å². The molecule has 0 unspecified atom stereocenters. The van der Waals surface area contributed by atoms with Crippen molar-refractivity contribution in [3.05, 3.63) is 64.7 Å². The lowest BCUT2D eigenvalue weighted by molar-refractivity contribution is 0.0526. The summed E-state index contributed by atoms with van der Waals surface area (Å²) in [5, 5.41) is 9.05. The van der Waals surface area contributed by atoms with Crippen molar-refractivity contribution in [2.45, 2.75) is 78.1 Å². The third-order valence-electron chi connectivity index (χ3n) is 5.72. The monoisotopic (exact) mass is 463 g/mol. The zero-order chi connectivity index (χ0) is 24.6. The van der Waals surface area contributed by atoms with E-state index in [0.29, 0.717) is 36.1 Å². The molecular formula is C29H37NO4. The summed E-state index contributed by atoms with van der Waals surface area (Å²) < 4.78 is 11.0. The van der Waals surface area contributed by atoms with E-state index in [1.54, 1.807) is 43.3 Å². The van der Waals surface area contributed by atoms with Crippen molar-refractivity contribution in [1.29, 1.82) is 5.26 Å². The minimum atomic E-state index is -0.448. The first-order valence-electron chi connectivity index (χ1n) is 12.5. The highest BCUT2D eigenvalue weighted by molar-refractivity contribution is 6.10. The van der Waals surface area contributed by atoms with Gasteiger partial charge in [0.1, 0.15) is 5.75 Å². The van der Waals surface area contributed by atoms with Gasteiger partial charge < -0.3 is 9.47 Å². The van der Waals surface area contributed by atoms with E-state index < -0.39 is 5.97 Å². The van der Waals surface area contributed by atoms with E-state index >= 15 is 0 Å². The number of unbranched alkanes of at least 4 members (excludes halogenated alkanes) is 7. The third kappa shape index (κ3) is 9.02. The number of aryl methyl sites for hydroxylation is 1. The second kappa shape index (κ2) is 15.7. The maximum absolute atomic E-state index is 13.1. The third-order valence-corrected chi connectivity index (χ3v) is 5.72. The van der Waals surface area contributed by atoms with Gasteiger partial charge in [0, 0.05) is 17.5 Å². The maximum Gasteiger partial charge on any atom is 0.338 e. The molecule has 0 saturated heterocycles. The van der Waals surface area contributed by atoms with Gasteiger partial charge in [-0.2, -0.15) is 5.26 Å². The van der Waals surface area contributed by atoms with E-state index in [1.165, 1.54) is 38.5 Å². The van der Waals surface area contributed by atoms with Crippen molar-refractivity contribution in [3.8, 4) is 11.8 Å². The largest absolute Gasteiger partial charge is 0.493 e. The average Bonchev–Trinajstić information content (AvgIpc) is 2.86. The van der Waals surface area contributed by atoms with Crippen LogP contribution < -0.4 is 4.74 Å². The molecule has 0 atom stereocenters. The highest BCUT2D eigenvalue weighted by Crippen LogP contribution is 2.24. The SMILES string of the molecule is CCCCCCCCCCOc1ccc(C(=O)c2cccc(C(=O)OCC)c2)cc1CCC#N. The second-order valence-electron chi connectivity index (χ2n) is 8.43. The molecule has 0 amide bonds. The number of ether oxygens (including phenoxy) is 2. The summed E-state index contributed by atoms with van der Waals surface area (Å²) in [5.41, 5.74) is 2.13. The first-order chi connectivity index (χ1) is 16.6. The fourth-order valence-corrected chi connectivity index (χ4v) is 3.83. The number of nitrogens with zero attached hydrogens (tertiary/aromatic N) is 1. The summed E-state index contributed by atoms with van der Waals surface area (Å²) in [6.07, 6.45) is 10.8. The molecule has 5 nitrogen and oxygen atoms in total. The van der Waals surface area contributed by atoms with Crippen molar-refractivity contribution >= 4 is 11.8 Å². The van der Waals surface area contributed by atoms with Crippen LogP contribution in [0.3, 0.4) is 0 Å². The van der Waals surface area contributed by atoms with Gasteiger partial charge in [0.05, 0.1) is 24.8 Å². The highest BCUT2D eigenvalue weighted by Gasteiger charge is 2.15. The number of rotatable bonds is 16. The predicted octanol–water partition coefficient (Wildman–Crippen LogP) is 7.07. The Labute approximate surface area is 204 Å². The summed E-state index contributed by atoms with van der Waals surface area (Å²) in [6.45, 7) is 4.88. The molecule has 2 rings (SSSR count). The summed E-state index contributed by atoms with van der Waals surface area (Å²) in [6, 6.07) is 14.1. The molecular weight excluding hydrogens is 426 g/mol. The first kappa shape index (κ1) is 27.1.